The van der Waals surface area contributed by atoms with Gasteiger partial charge >= 0.3 is 0 Å². The topological polar surface area (TPSA) is 88.6 Å². The molecule has 90 valence electrons. The zero-order valence-corrected chi connectivity index (χ0v) is 9.34. The molecule has 1 aromatic heterocycles. The van der Waals surface area contributed by atoms with E-state index in [1.54, 1.807) is 12.1 Å². The lowest BCUT2D eigenvalue weighted by atomic mass is 10.0. The van der Waals surface area contributed by atoms with E-state index in [1.165, 1.54) is 6.20 Å². The first-order chi connectivity index (χ1) is 7.69. The summed E-state index contributed by atoms with van der Waals surface area (Å²) in [5.41, 5.74) is 5.86. The van der Waals surface area contributed by atoms with Crippen molar-refractivity contribution >= 4 is 0 Å². The van der Waals surface area contributed by atoms with E-state index in [1.807, 2.05) is 6.92 Å². The number of nitrogens with zero attached hydrogens (tertiary/aromatic N) is 1. The van der Waals surface area contributed by atoms with Crippen LogP contribution in [0.1, 0.15) is 25.0 Å². The number of aromatic nitrogens is 1. The van der Waals surface area contributed by atoms with Gasteiger partial charge in [-0.1, -0.05) is 0 Å². The van der Waals surface area contributed by atoms with Gasteiger partial charge in [-0.25, -0.2) is 4.98 Å². The molecule has 0 saturated carbocycles. The van der Waals surface area contributed by atoms with E-state index in [9.17, 15) is 10.2 Å². The fourth-order valence-electron chi connectivity index (χ4n) is 1.35. The third-order valence-electron chi connectivity index (χ3n) is 2.22. The molecule has 0 fully saturated rings. The third kappa shape index (κ3) is 3.44. The minimum atomic E-state index is -0.952. The Balaban J connectivity index is 2.65. The molecule has 0 amide bonds. The molecular formula is C11H18N2O3. The summed E-state index contributed by atoms with van der Waals surface area (Å²) < 4.78 is 5.17. The zero-order valence-electron chi connectivity index (χ0n) is 9.34. The first-order valence-electron chi connectivity index (χ1n) is 5.34. The van der Waals surface area contributed by atoms with Crippen LogP contribution in [-0.2, 0) is 0 Å². The summed E-state index contributed by atoms with van der Waals surface area (Å²) in [6.07, 6.45) is 0.0421. The molecule has 1 rings (SSSR count). The van der Waals surface area contributed by atoms with E-state index in [4.69, 9.17) is 10.5 Å². The van der Waals surface area contributed by atoms with Crippen molar-refractivity contribution < 1.29 is 14.9 Å². The Labute approximate surface area is 94.9 Å². The van der Waals surface area contributed by atoms with Gasteiger partial charge in [0.1, 0.15) is 6.10 Å². The SMILES string of the molecule is CCOc1ccc(C(O)C(O)CCN)cn1. The van der Waals surface area contributed by atoms with Gasteiger partial charge in [-0.3, -0.25) is 0 Å². The van der Waals surface area contributed by atoms with Crippen LogP contribution in [0.4, 0.5) is 0 Å². The maximum atomic E-state index is 9.75. The van der Waals surface area contributed by atoms with Gasteiger partial charge in [0, 0.05) is 17.8 Å². The van der Waals surface area contributed by atoms with Gasteiger partial charge in [-0.2, -0.15) is 0 Å². The number of hydrogen-bond donors (Lipinski definition) is 3. The zero-order chi connectivity index (χ0) is 12.0. The summed E-state index contributed by atoms with van der Waals surface area (Å²) in [6, 6.07) is 3.35. The summed E-state index contributed by atoms with van der Waals surface area (Å²) in [6.45, 7) is 2.75. The van der Waals surface area contributed by atoms with Crippen molar-refractivity contribution in [1.82, 2.24) is 4.98 Å². The highest BCUT2D eigenvalue weighted by molar-refractivity contribution is 5.20. The van der Waals surface area contributed by atoms with E-state index in [0.717, 1.165) is 0 Å². The van der Waals surface area contributed by atoms with Gasteiger partial charge in [0.25, 0.3) is 0 Å². The number of aliphatic hydroxyl groups is 2. The van der Waals surface area contributed by atoms with Gasteiger partial charge in [-0.05, 0) is 26.0 Å². The summed E-state index contributed by atoms with van der Waals surface area (Å²) >= 11 is 0. The van der Waals surface area contributed by atoms with Crippen LogP contribution in [-0.4, -0.2) is 34.5 Å². The van der Waals surface area contributed by atoms with E-state index < -0.39 is 12.2 Å². The van der Waals surface area contributed by atoms with E-state index in [-0.39, 0.29) is 0 Å². The summed E-state index contributed by atoms with van der Waals surface area (Å²) in [5.74, 6) is 0.506. The number of rotatable bonds is 6. The largest absolute Gasteiger partial charge is 0.478 e. The Bertz CT molecular complexity index is 303. The molecule has 5 heteroatoms. The second-order valence-corrected chi connectivity index (χ2v) is 3.45. The molecule has 1 aromatic rings. The molecule has 0 saturated heterocycles. The van der Waals surface area contributed by atoms with Crippen LogP contribution in [0.2, 0.25) is 0 Å². The molecular weight excluding hydrogens is 208 g/mol. The molecule has 0 aliphatic heterocycles. The van der Waals surface area contributed by atoms with Crippen LogP contribution in [0.3, 0.4) is 0 Å². The monoisotopic (exact) mass is 226 g/mol. The Morgan fingerprint density at radius 2 is 2.19 bits per heavy atom. The summed E-state index contributed by atoms with van der Waals surface area (Å²) in [4.78, 5) is 4.01. The van der Waals surface area contributed by atoms with Crippen LogP contribution >= 0.6 is 0 Å². The van der Waals surface area contributed by atoms with Gasteiger partial charge in [-0.15, -0.1) is 0 Å². The minimum Gasteiger partial charge on any atom is -0.478 e. The first-order valence-corrected chi connectivity index (χ1v) is 5.34. The van der Waals surface area contributed by atoms with Crippen LogP contribution in [0.25, 0.3) is 0 Å². The average Bonchev–Trinajstić information content (AvgIpc) is 2.30. The first kappa shape index (κ1) is 12.9. The number of aliphatic hydroxyl groups excluding tert-OH is 2. The van der Waals surface area contributed by atoms with Crippen LogP contribution < -0.4 is 10.5 Å². The predicted octanol–water partition coefficient (Wildman–Crippen LogP) is 0.223. The quantitative estimate of drug-likeness (QED) is 0.646. The lowest BCUT2D eigenvalue weighted by molar-refractivity contribution is 0.0148. The predicted molar refractivity (Wildman–Crippen MR) is 60.0 cm³/mol. The van der Waals surface area contributed by atoms with E-state index in [2.05, 4.69) is 4.98 Å². The molecule has 2 unspecified atom stereocenters. The minimum absolute atomic E-state index is 0.336. The van der Waals surface area contributed by atoms with Gasteiger partial charge < -0.3 is 20.7 Å². The van der Waals surface area contributed by atoms with Crippen molar-refractivity contribution in [3.05, 3.63) is 23.9 Å². The van der Waals surface area contributed by atoms with Crippen LogP contribution in [0.5, 0.6) is 5.88 Å². The standard InChI is InChI=1S/C11H18N2O3/c1-2-16-10-4-3-8(7-13-10)11(15)9(14)5-6-12/h3-4,7,9,11,14-15H,2,5-6,12H2,1H3. The second kappa shape index (κ2) is 6.42. The van der Waals surface area contributed by atoms with Crippen LogP contribution in [0.15, 0.2) is 18.3 Å². The van der Waals surface area contributed by atoms with Crippen molar-refractivity contribution in [1.29, 1.82) is 0 Å². The van der Waals surface area contributed by atoms with Gasteiger partial charge in [0.05, 0.1) is 12.7 Å². The Morgan fingerprint density at radius 3 is 2.69 bits per heavy atom. The smallest absolute Gasteiger partial charge is 0.213 e. The average molecular weight is 226 g/mol. The van der Waals surface area contributed by atoms with Gasteiger partial charge in [0.15, 0.2) is 0 Å². The highest BCUT2D eigenvalue weighted by atomic mass is 16.5. The van der Waals surface area contributed by atoms with Gasteiger partial charge in [0.2, 0.25) is 5.88 Å². The number of nitrogens with two attached hydrogens (primary N) is 1. The molecule has 5 nitrogen and oxygen atoms in total. The molecule has 1 heterocycles. The molecule has 0 aliphatic rings. The fraction of sp³-hybridized carbons (Fsp3) is 0.545. The lowest BCUT2D eigenvalue weighted by Gasteiger charge is -2.17. The number of hydrogen-bond acceptors (Lipinski definition) is 5. The molecule has 0 aromatic carbocycles. The molecule has 2 atom stereocenters. The third-order valence-corrected chi connectivity index (χ3v) is 2.22. The Hall–Kier alpha value is -1.17. The lowest BCUT2D eigenvalue weighted by Crippen LogP contribution is -2.21. The molecule has 0 bridgehead atoms. The highest BCUT2D eigenvalue weighted by Crippen LogP contribution is 2.19. The molecule has 4 N–H and O–H groups in total. The van der Waals surface area contributed by atoms with Crippen molar-refractivity contribution in [2.24, 2.45) is 5.73 Å². The Morgan fingerprint density at radius 1 is 1.44 bits per heavy atom. The molecule has 0 spiro atoms. The molecule has 0 aliphatic carbocycles. The highest BCUT2D eigenvalue weighted by Gasteiger charge is 2.17. The van der Waals surface area contributed by atoms with E-state index >= 15 is 0 Å². The maximum Gasteiger partial charge on any atom is 0.213 e. The maximum absolute atomic E-state index is 9.75. The fourth-order valence-corrected chi connectivity index (χ4v) is 1.35. The Kier molecular flexibility index (Phi) is 5.18. The van der Waals surface area contributed by atoms with Crippen molar-refractivity contribution in [2.75, 3.05) is 13.2 Å². The van der Waals surface area contributed by atoms with Crippen molar-refractivity contribution in [3.8, 4) is 5.88 Å². The molecule has 0 radical (unpaired) electrons. The van der Waals surface area contributed by atoms with Crippen molar-refractivity contribution in [2.45, 2.75) is 25.6 Å². The van der Waals surface area contributed by atoms with Crippen molar-refractivity contribution in [3.63, 3.8) is 0 Å². The molecule has 16 heavy (non-hydrogen) atoms. The van der Waals surface area contributed by atoms with Crippen LogP contribution in [0, 0.1) is 0 Å². The normalized spacial score (nSPS) is 14.5. The number of pyridine rings is 1. The second-order valence-electron chi connectivity index (χ2n) is 3.45. The summed E-state index contributed by atoms with van der Waals surface area (Å²) in [5, 5.41) is 19.3. The summed E-state index contributed by atoms with van der Waals surface area (Å²) in [7, 11) is 0. The van der Waals surface area contributed by atoms with E-state index in [0.29, 0.717) is 31.0 Å². The number of ether oxygens (including phenoxy) is 1.